The molecule has 0 aromatic carbocycles. The normalized spacial score (nSPS) is 15.3. The average molecular weight is 443 g/mol. The summed E-state index contributed by atoms with van der Waals surface area (Å²) in [6.45, 7) is 1.75. The van der Waals surface area contributed by atoms with Crippen LogP contribution in [0, 0.1) is 0 Å². The van der Waals surface area contributed by atoms with E-state index >= 15 is 0 Å². The van der Waals surface area contributed by atoms with Crippen LogP contribution in [0.2, 0.25) is 5.15 Å². The van der Waals surface area contributed by atoms with Gasteiger partial charge in [-0.25, -0.2) is 8.42 Å². The highest BCUT2D eigenvalue weighted by atomic mass is 35.5. The second-order valence-corrected chi connectivity index (χ2v) is 9.06. The number of aromatic nitrogens is 2. The van der Waals surface area contributed by atoms with Gasteiger partial charge >= 0.3 is 0 Å². The largest absolute Gasteiger partial charge is 0.379 e. The van der Waals surface area contributed by atoms with Crippen molar-refractivity contribution in [3.8, 4) is 0 Å². The molecule has 2 aromatic rings. The van der Waals surface area contributed by atoms with E-state index in [4.69, 9.17) is 20.9 Å². The van der Waals surface area contributed by atoms with Gasteiger partial charge in [0, 0.05) is 44.7 Å². The summed E-state index contributed by atoms with van der Waals surface area (Å²) in [5.41, 5.74) is 0.687. The molecule has 9 nitrogen and oxygen atoms in total. The first-order chi connectivity index (χ1) is 13.9. The third kappa shape index (κ3) is 6.49. The fourth-order valence-corrected chi connectivity index (χ4v) is 4.52. The minimum atomic E-state index is -3.47. The van der Waals surface area contributed by atoms with Crippen LogP contribution in [-0.4, -0.2) is 72.3 Å². The Balaban J connectivity index is 1.64. The zero-order valence-electron chi connectivity index (χ0n) is 15.9. The molecule has 0 atom stereocenters. The highest BCUT2D eigenvalue weighted by Crippen LogP contribution is 2.13. The molecule has 0 spiro atoms. The van der Waals surface area contributed by atoms with Gasteiger partial charge in [0.2, 0.25) is 15.9 Å². The maximum Gasteiger partial charge on any atom is 0.223 e. The Morgan fingerprint density at radius 1 is 1.28 bits per heavy atom. The molecule has 1 aliphatic rings. The number of halogens is 1. The second kappa shape index (κ2) is 10.1. The van der Waals surface area contributed by atoms with Crippen LogP contribution in [0.15, 0.2) is 35.0 Å². The molecule has 0 N–H and O–H groups in total. The predicted molar refractivity (Wildman–Crippen MR) is 106 cm³/mol. The van der Waals surface area contributed by atoms with Gasteiger partial charge in [-0.2, -0.15) is 4.31 Å². The first kappa shape index (κ1) is 21.7. The van der Waals surface area contributed by atoms with Crippen molar-refractivity contribution in [2.75, 3.05) is 38.6 Å². The number of sulfonamides is 1. The first-order valence-corrected chi connectivity index (χ1v) is 11.3. The summed E-state index contributed by atoms with van der Waals surface area (Å²) >= 11 is 5.73. The van der Waals surface area contributed by atoms with E-state index in [1.165, 1.54) is 9.21 Å². The third-order valence-electron chi connectivity index (χ3n) is 4.53. The van der Waals surface area contributed by atoms with Crippen molar-refractivity contribution in [2.45, 2.75) is 19.4 Å². The number of carbonyl (C=O) groups is 1. The quantitative estimate of drug-likeness (QED) is 0.577. The summed E-state index contributed by atoms with van der Waals surface area (Å²) < 4.78 is 36.9. The zero-order valence-corrected chi connectivity index (χ0v) is 17.4. The maximum atomic E-state index is 12.8. The van der Waals surface area contributed by atoms with E-state index in [0.717, 1.165) is 0 Å². The lowest BCUT2D eigenvalue weighted by Crippen LogP contribution is -2.44. The average Bonchev–Trinajstić information content (AvgIpc) is 3.16. The molecule has 11 heteroatoms. The summed E-state index contributed by atoms with van der Waals surface area (Å²) in [5, 5.41) is 3.82. The number of amides is 1. The van der Waals surface area contributed by atoms with Crippen molar-refractivity contribution < 1.29 is 22.5 Å². The van der Waals surface area contributed by atoms with Crippen LogP contribution in [0.5, 0.6) is 0 Å². The van der Waals surface area contributed by atoms with Gasteiger partial charge in [-0.3, -0.25) is 9.78 Å². The first-order valence-electron chi connectivity index (χ1n) is 9.28. The van der Waals surface area contributed by atoms with Crippen molar-refractivity contribution in [3.05, 3.63) is 47.1 Å². The molecule has 0 unspecified atom stereocenters. The zero-order chi connectivity index (χ0) is 20.7. The number of carbonyl (C=O) groups excluding carboxylic acids is 1. The van der Waals surface area contributed by atoms with E-state index < -0.39 is 10.0 Å². The fraction of sp³-hybridized carbons (Fsp3) is 0.500. The number of hydrogen-bond donors (Lipinski definition) is 0. The Morgan fingerprint density at radius 3 is 2.72 bits per heavy atom. The molecule has 2 aromatic heterocycles. The number of hydrogen-bond acceptors (Lipinski definition) is 7. The number of pyridine rings is 1. The smallest absolute Gasteiger partial charge is 0.223 e. The number of morpholine rings is 1. The van der Waals surface area contributed by atoms with Crippen LogP contribution in [0.1, 0.15) is 17.9 Å². The number of ether oxygens (including phenoxy) is 1. The number of rotatable bonds is 9. The molecule has 0 radical (unpaired) electrons. The van der Waals surface area contributed by atoms with E-state index in [1.807, 2.05) is 6.07 Å². The third-order valence-corrected chi connectivity index (χ3v) is 6.56. The Kier molecular flexibility index (Phi) is 7.59. The van der Waals surface area contributed by atoms with Gasteiger partial charge in [0.05, 0.1) is 31.2 Å². The Hall–Kier alpha value is -2.01. The summed E-state index contributed by atoms with van der Waals surface area (Å²) in [5.74, 6) is 0.155. The highest BCUT2D eigenvalue weighted by Gasteiger charge is 2.26. The Bertz CT molecular complexity index is 900. The summed E-state index contributed by atoms with van der Waals surface area (Å²) in [6, 6.07) is 6.96. The summed E-state index contributed by atoms with van der Waals surface area (Å²) in [6.07, 6.45) is 2.11. The topological polar surface area (TPSA) is 106 Å². The lowest BCUT2D eigenvalue weighted by Gasteiger charge is -2.28. The van der Waals surface area contributed by atoms with Gasteiger partial charge < -0.3 is 14.2 Å². The molecule has 1 aliphatic heterocycles. The number of aryl methyl sites for hydroxylation is 1. The SMILES string of the molecule is O=C(CCc1cc(Cl)no1)N(CCS(=O)(=O)N1CCOCC1)Cc1ccccn1. The number of nitrogens with zero attached hydrogens (tertiary/aromatic N) is 4. The summed E-state index contributed by atoms with van der Waals surface area (Å²) in [7, 11) is -3.47. The molecule has 0 aliphatic carbocycles. The molecular weight excluding hydrogens is 420 g/mol. The van der Waals surface area contributed by atoms with Crippen molar-refractivity contribution in [3.63, 3.8) is 0 Å². The van der Waals surface area contributed by atoms with Gasteiger partial charge in [-0.1, -0.05) is 22.8 Å². The molecule has 1 amide bonds. The Morgan fingerprint density at radius 2 is 2.07 bits per heavy atom. The second-order valence-electron chi connectivity index (χ2n) is 6.58. The van der Waals surface area contributed by atoms with Crippen molar-refractivity contribution in [1.29, 1.82) is 0 Å². The molecule has 1 saturated heterocycles. The lowest BCUT2D eigenvalue weighted by molar-refractivity contribution is -0.131. The standard InChI is InChI=1S/C18H23ClN4O5S/c19-17-13-16(28-21-17)4-5-18(24)22(14-15-3-1-2-6-20-15)9-12-29(25,26)23-7-10-27-11-8-23/h1-3,6,13H,4-5,7-12,14H2. The van der Waals surface area contributed by atoms with Gasteiger partial charge in [0.1, 0.15) is 5.76 Å². The molecule has 1 fully saturated rings. The van der Waals surface area contributed by atoms with E-state index in [1.54, 1.807) is 24.4 Å². The minimum Gasteiger partial charge on any atom is -0.379 e. The van der Waals surface area contributed by atoms with Gasteiger partial charge in [0.25, 0.3) is 0 Å². The highest BCUT2D eigenvalue weighted by molar-refractivity contribution is 7.89. The summed E-state index contributed by atoms with van der Waals surface area (Å²) in [4.78, 5) is 18.5. The lowest BCUT2D eigenvalue weighted by atomic mass is 10.2. The molecule has 3 heterocycles. The van der Waals surface area contributed by atoms with Crippen molar-refractivity contribution in [1.82, 2.24) is 19.3 Å². The monoisotopic (exact) mass is 442 g/mol. The van der Waals surface area contributed by atoms with Crippen LogP contribution in [-0.2, 0) is 32.5 Å². The molecule has 0 bridgehead atoms. The maximum absolute atomic E-state index is 12.8. The molecule has 29 heavy (non-hydrogen) atoms. The molecule has 3 rings (SSSR count). The molecule has 0 saturated carbocycles. The van der Waals surface area contributed by atoms with Gasteiger partial charge in [-0.15, -0.1) is 0 Å². The van der Waals surface area contributed by atoms with Crippen LogP contribution < -0.4 is 0 Å². The predicted octanol–water partition coefficient (Wildman–Crippen LogP) is 1.35. The van der Waals surface area contributed by atoms with E-state index in [-0.39, 0.29) is 36.3 Å². The molecular formula is C18H23ClN4O5S. The van der Waals surface area contributed by atoms with E-state index in [9.17, 15) is 13.2 Å². The van der Waals surface area contributed by atoms with Gasteiger partial charge in [-0.05, 0) is 12.1 Å². The van der Waals surface area contributed by atoms with Gasteiger partial charge in [0.15, 0.2) is 5.15 Å². The van der Waals surface area contributed by atoms with Crippen LogP contribution in [0.25, 0.3) is 0 Å². The minimum absolute atomic E-state index is 0.0757. The van der Waals surface area contributed by atoms with Crippen molar-refractivity contribution in [2.24, 2.45) is 0 Å². The van der Waals surface area contributed by atoms with Crippen molar-refractivity contribution >= 4 is 27.5 Å². The van der Waals surface area contributed by atoms with Crippen LogP contribution >= 0.6 is 11.6 Å². The fourth-order valence-electron chi connectivity index (χ4n) is 2.95. The Labute approximate surface area is 174 Å². The van der Waals surface area contributed by atoms with Crippen LogP contribution in [0.3, 0.4) is 0 Å². The van der Waals surface area contributed by atoms with E-state index in [2.05, 4.69) is 10.1 Å². The molecule has 158 valence electrons. The van der Waals surface area contributed by atoms with Crippen LogP contribution in [0.4, 0.5) is 0 Å². The van der Waals surface area contributed by atoms with E-state index in [0.29, 0.717) is 44.2 Å².